The van der Waals surface area contributed by atoms with Crippen LogP contribution in [0.5, 0.6) is 0 Å². The summed E-state index contributed by atoms with van der Waals surface area (Å²) in [6, 6.07) is 6.49. The monoisotopic (exact) mass is 218 g/mol. The van der Waals surface area contributed by atoms with E-state index in [9.17, 15) is 4.79 Å². The third kappa shape index (κ3) is 3.19. The lowest BCUT2D eigenvalue weighted by molar-refractivity contribution is -0.122. The van der Waals surface area contributed by atoms with Crippen LogP contribution in [-0.4, -0.2) is 5.78 Å². The van der Waals surface area contributed by atoms with Crippen molar-refractivity contribution in [2.24, 2.45) is 5.92 Å². The number of benzene rings is 1. The molecule has 1 atom stereocenters. The molecule has 0 bridgehead atoms. The lowest BCUT2D eigenvalue weighted by atomic mass is 9.89. The molecule has 1 aromatic rings. The molecule has 1 rings (SSSR count). The van der Waals surface area contributed by atoms with Gasteiger partial charge in [-0.1, -0.05) is 37.6 Å². The summed E-state index contributed by atoms with van der Waals surface area (Å²) < 4.78 is 0. The molecule has 0 aliphatic carbocycles. The first kappa shape index (κ1) is 13.0. The minimum absolute atomic E-state index is 0.200. The molecule has 0 amide bonds. The molecule has 0 aliphatic rings. The average Bonchev–Trinajstić information content (AvgIpc) is 2.27. The van der Waals surface area contributed by atoms with Crippen molar-refractivity contribution < 1.29 is 4.79 Å². The van der Waals surface area contributed by atoms with E-state index >= 15 is 0 Å². The highest BCUT2D eigenvalue weighted by molar-refractivity contribution is 5.80. The van der Waals surface area contributed by atoms with E-state index in [-0.39, 0.29) is 5.92 Å². The van der Waals surface area contributed by atoms with Crippen LogP contribution in [0.2, 0.25) is 0 Å². The molecule has 1 unspecified atom stereocenters. The quantitative estimate of drug-likeness (QED) is 0.733. The summed E-state index contributed by atoms with van der Waals surface area (Å²) in [7, 11) is 0. The van der Waals surface area contributed by atoms with E-state index in [0.717, 1.165) is 12.8 Å². The summed E-state index contributed by atoms with van der Waals surface area (Å²) in [5.41, 5.74) is 3.91. The molecule has 0 heterocycles. The Morgan fingerprint density at radius 1 is 1.25 bits per heavy atom. The van der Waals surface area contributed by atoms with Gasteiger partial charge in [0.1, 0.15) is 5.78 Å². The van der Waals surface area contributed by atoms with Gasteiger partial charge in [-0.2, -0.15) is 0 Å². The second kappa shape index (κ2) is 5.83. The summed E-state index contributed by atoms with van der Waals surface area (Å²) in [5, 5.41) is 0. The summed E-state index contributed by atoms with van der Waals surface area (Å²) >= 11 is 0. The largest absolute Gasteiger partial charge is 0.299 e. The summed E-state index contributed by atoms with van der Waals surface area (Å²) in [6.45, 7) is 8.28. The lowest BCUT2D eigenvalue weighted by Crippen LogP contribution is -2.15. The van der Waals surface area contributed by atoms with E-state index < -0.39 is 0 Å². The van der Waals surface area contributed by atoms with Gasteiger partial charge in [0.2, 0.25) is 0 Å². The number of Topliss-reactive ketones (excluding diaryl/α,β-unsaturated/α-hetero) is 1. The van der Waals surface area contributed by atoms with Crippen molar-refractivity contribution in [2.75, 3.05) is 0 Å². The highest BCUT2D eigenvalue weighted by atomic mass is 16.1. The van der Waals surface area contributed by atoms with Crippen LogP contribution in [0.25, 0.3) is 0 Å². The van der Waals surface area contributed by atoms with Crippen molar-refractivity contribution in [1.29, 1.82) is 0 Å². The molecule has 1 heteroatoms. The Balaban J connectivity index is 2.82. The van der Waals surface area contributed by atoms with Crippen molar-refractivity contribution in [2.45, 2.75) is 47.0 Å². The maximum absolute atomic E-state index is 11.7. The molecule has 0 aromatic heterocycles. The van der Waals surface area contributed by atoms with E-state index in [1.807, 2.05) is 6.92 Å². The molecule has 0 radical (unpaired) electrons. The Morgan fingerprint density at radius 3 is 2.44 bits per heavy atom. The van der Waals surface area contributed by atoms with Crippen molar-refractivity contribution in [3.8, 4) is 0 Å². The van der Waals surface area contributed by atoms with E-state index in [0.29, 0.717) is 12.2 Å². The third-order valence-electron chi connectivity index (χ3n) is 3.26. The number of carbonyl (C=O) groups excluding carboxylic acids is 1. The highest BCUT2D eigenvalue weighted by Gasteiger charge is 2.15. The molecule has 16 heavy (non-hydrogen) atoms. The minimum atomic E-state index is 0.200. The summed E-state index contributed by atoms with van der Waals surface area (Å²) in [4.78, 5) is 11.7. The van der Waals surface area contributed by atoms with Gasteiger partial charge in [-0.25, -0.2) is 0 Å². The second-order valence-corrected chi connectivity index (χ2v) is 4.56. The second-order valence-electron chi connectivity index (χ2n) is 4.56. The molecule has 0 spiro atoms. The van der Waals surface area contributed by atoms with Gasteiger partial charge in [0, 0.05) is 12.3 Å². The highest BCUT2D eigenvalue weighted by Crippen LogP contribution is 2.18. The number of aryl methyl sites for hydroxylation is 2. The van der Waals surface area contributed by atoms with E-state index in [1.165, 1.54) is 16.7 Å². The van der Waals surface area contributed by atoms with Gasteiger partial charge in [0.05, 0.1) is 0 Å². The zero-order chi connectivity index (χ0) is 12.1. The number of hydrogen-bond acceptors (Lipinski definition) is 1. The van der Waals surface area contributed by atoms with Crippen LogP contribution in [0, 0.1) is 19.8 Å². The van der Waals surface area contributed by atoms with Crippen LogP contribution in [-0.2, 0) is 11.2 Å². The zero-order valence-corrected chi connectivity index (χ0v) is 10.8. The van der Waals surface area contributed by atoms with Gasteiger partial charge < -0.3 is 0 Å². The number of hydrogen-bond donors (Lipinski definition) is 0. The number of ketones is 1. The van der Waals surface area contributed by atoms with Crippen molar-refractivity contribution in [1.82, 2.24) is 0 Å². The molecule has 0 fully saturated rings. The molecule has 88 valence electrons. The molecule has 0 N–H and O–H groups in total. The smallest absolute Gasteiger partial charge is 0.136 e. The van der Waals surface area contributed by atoms with Gasteiger partial charge in [0.25, 0.3) is 0 Å². The predicted molar refractivity (Wildman–Crippen MR) is 68.7 cm³/mol. The summed E-state index contributed by atoms with van der Waals surface area (Å²) in [5.74, 6) is 0.592. The molecule has 1 aromatic carbocycles. The standard InChI is InChI=1S/C15H22O/c1-5-13(15(16)6-2)10-14-8-7-11(3)9-12(14)4/h7-9,13H,5-6,10H2,1-4H3. The molecule has 0 aliphatic heterocycles. The van der Waals surface area contributed by atoms with Gasteiger partial charge in [-0.3, -0.25) is 4.79 Å². The zero-order valence-electron chi connectivity index (χ0n) is 10.8. The molecular weight excluding hydrogens is 196 g/mol. The Hall–Kier alpha value is -1.11. The molecular formula is C15H22O. The van der Waals surface area contributed by atoms with Gasteiger partial charge in [0.15, 0.2) is 0 Å². The average molecular weight is 218 g/mol. The topological polar surface area (TPSA) is 17.1 Å². The van der Waals surface area contributed by atoms with E-state index in [1.54, 1.807) is 0 Å². The Bertz CT molecular complexity index is 366. The van der Waals surface area contributed by atoms with Gasteiger partial charge in [-0.05, 0) is 37.8 Å². The van der Waals surface area contributed by atoms with Gasteiger partial charge in [-0.15, -0.1) is 0 Å². The number of carbonyl (C=O) groups is 1. The molecule has 1 nitrogen and oxygen atoms in total. The van der Waals surface area contributed by atoms with Crippen LogP contribution in [0.1, 0.15) is 43.4 Å². The first-order valence-electron chi connectivity index (χ1n) is 6.17. The van der Waals surface area contributed by atoms with Crippen LogP contribution >= 0.6 is 0 Å². The Kier molecular flexibility index (Phi) is 4.72. The fraction of sp³-hybridized carbons (Fsp3) is 0.533. The van der Waals surface area contributed by atoms with Crippen LogP contribution < -0.4 is 0 Å². The Labute approximate surface area is 98.9 Å². The predicted octanol–water partition coefficient (Wildman–Crippen LogP) is 3.85. The first-order chi connectivity index (χ1) is 7.58. The van der Waals surface area contributed by atoms with Crippen molar-refractivity contribution >= 4 is 5.78 Å². The van der Waals surface area contributed by atoms with Crippen LogP contribution in [0.15, 0.2) is 18.2 Å². The normalized spacial score (nSPS) is 12.5. The van der Waals surface area contributed by atoms with Crippen molar-refractivity contribution in [3.63, 3.8) is 0 Å². The fourth-order valence-electron chi connectivity index (χ4n) is 2.11. The molecule has 0 saturated carbocycles. The number of rotatable bonds is 5. The van der Waals surface area contributed by atoms with Crippen LogP contribution in [0.3, 0.4) is 0 Å². The lowest BCUT2D eigenvalue weighted by Gasteiger charge is -2.14. The van der Waals surface area contributed by atoms with Crippen molar-refractivity contribution in [3.05, 3.63) is 34.9 Å². The molecule has 0 saturated heterocycles. The Morgan fingerprint density at radius 2 is 1.94 bits per heavy atom. The minimum Gasteiger partial charge on any atom is -0.299 e. The van der Waals surface area contributed by atoms with Gasteiger partial charge >= 0.3 is 0 Å². The third-order valence-corrected chi connectivity index (χ3v) is 3.26. The SMILES string of the molecule is CCC(=O)C(CC)Cc1ccc(C)cc1C. The maximum atomic E-state index is 11.7. The summed E-state index contributed by atoms with van der Waals surface area (Å²) in [6.07, 6.45) is 2.50. The maximum Gasteiger partial charge on any atom is 0.136 e. The first-order valence-corrected chi connectivity index (χ1v) is 6.17. The fourth-order valence-corrected chi connectivity index (χ4v) is 2.11. The van der Waals surface area contributed by atoms with Crippen LogP contribution in [0.4, 0.5) is 0 Å². The van der Waals surface area contributed by atoms with E-state index in [2.05, 4.69) is 39.0 Å². The van der Waals surface area contributed by atoms with E-state index in [4.69, 9.17) is 0 Å².